The molecule has 32 heavy (non-hydrogen) atoms. The van der Waals surface area contributed by atoms with E-state index in [9.17, 15) is 10.2 Å². The predicted molar refractivity (Wildman–Crippen MR) is 125 cm³/mol. The Morgan fingerprint density at radius 2 is 1.94 bits per heavy atom. The van der Waals surface area contributed by atoms with Gasteiger partial charge in [0.25, 0.3) is 0 Å². The molecule has 3 aromatic rings. The monoisotopic (exact) mass is 424 g/mol. The molecular weight excluding hydrogens is 396 g/mol. The van der Waals surface area contributed by atoms with Crippen molar-refractivity contribution in [2.45, 2.75) is 55.2 Å². The molecule has 3 N–H and O–H groups in total. The molecule has 4 nitrogen and oxygen atoms in total. The van der Waals surface area contributed by atoms with Gasteiger partial charge < -0.3 is 15.5 Å². The van der Waals surface area contributed by atoms with Gasteiger partial charge in [-0.1, -0.05) is 42.5 Å². The molecule has 0 radical (unpaired) electrons. The Hall–Kier alpha value is -2.56. The number of nitrogens with one attached hydrogen (secondary N) is 1. The third-order valence-electron chi connectivity index (χ3n) is 9.49. The Morgan fingerprint density at radius 3 is 2.81 bits per heavy atom. The molecule has 1 saturated carbocycles. The maximum absolute atomic E-state index is 12.8. The zero-order chi connectivity index (χ0) is 21.2. The van der Waals surface area contributed by atoms with Crippen LogP contribution in [0.2, 0.25) is 0 Å². The summed E-state index contributed by atoms with van der Waals surface area (Å²) in [7, 11) is 0. The number of piperidine rings is 1. The quantitative estimate of drug-likeness (QED) is 0.538. The molecule has 0 amide bonds. The van der Waals surface area contributed by atoms with Gasteiger partial charge in [0.1, 0.15) is 5.75 Å². The molecule has 2 heterocycles. The Balaban J connectivity index is 1.43. The van der Waals surface area contributed by atoms with Crippen molar-refractivity contribution in [1.29, 1.82) is 0 Å². The van der Waals surface area contributed by atoms with Crippen LogP contribution in [0.25, 0.3) is 10.8 Å². The van der Waals surface area contributed by atoms with Gasteiger partial charge in [-0.2, -0.15) is 0 Å². The van der Waals surface area contributed by atoms with Crippen LogP contribution >= 0.6 is 0 Å². The Morgan fingerprint density at radius 1 is 1.06 bits per heavy atom. The van der Waals surface area contributed by atoms with Gasteiger partial charge in [-0.25, -0.2) is 0 Å². The molecule has 1 saturated heterocycles. The standard InChI is InChI=1S/C28H28N2O2/c31-22-10-8-18-13-23-28(32)14-21-19-4-2-1-3-17(19)7-9-20(21)26-27(28,24(18)25(22)29-26)11-12-30(23)15-16-5-6-16/h1-4,7-10,16,23,26,29,31-32H,5-6,11-15H2/t23?,26?,27-,28+/m0/s1. The molecule has 8 rings (SSSR count). The summed E-state index contributed by atoms with van der Waals surface area (Å²) >= 11 is 0. The van der Waals surface area contributed by atoms with Crippen molar-refractivity contribution < 1.29 is 10.2 Å². The summed E-state index contributed by atoms with van der Waals surface area (Å²) in [4.78, 5) is 2.61. The van der Waals surface area contributed by atoms with Crippen LogP contribution in [0, 0.1) is 5.92 Å². The lowest BCUT2D eigenvalue weighted by molar-refractivity contribution is -0.155. The van der Waals surface area contributed by atoms with Gasteiger partial charge in [0, 0.05) is 19.0 Å². The molecule has 0 aromatic heterocycles. The van der Waals surface area contributed by atoms with Gasteiger partial charge in [-0.15, -0.1) is 0 Å². The molecule has 2 fully saturated rings. The van der Waals surface area contributed by atoms with Crippen LogP contribution in [-0.4, -0.2) is 39.8 Å². The third kappa shape index (κ3) is 1.94. The first kappa shape index (κ1) is 17.9. The molecule has 3 aromatic carbocycles. The Kier molecular flexibility index (Phi) is 3.18. The first-order chi connectivity index (χ1) is 15.6. The summed E-state index contributed by atoms with van der Waals surface area (Å²) in [5.41, 5.74) is 4.73. The topological polar surface area (TPSA) is 55.7 Å². The molecule has 2 unspecified atom stereocenters. The number of aliphatic hydroxyl groups is 1. The highest BCUT2D eigenvalue weighted by Crippen LogP contribution is 2.68. The van der Waals surface area contributed by atoms with Crippen LogP contribution in [0.3, 0.4) is 0 Å². The van der Waals surface area contributed by atoms with Crippen molar-refractivity contribution in [3.8, 4) is 5.75 Å². The first-order valence-electron chi connectivity index (χ1n) is 12.2. The second-order valence-corrected chi connectivity index (χ2v) is 10.9. The molecule has 1 spiro atoms. The summed E-state index contributed by atoms with van der Waals surface area (Å²) in [6.07, 6.45) is 5.14. The van der Waals surface area contributed by atoms with Crippen molar-refractivity contribution in [1.82, 2.24) is 4.90 Å². The normalized spacial score (nSPS) is 34.2. The van der Waals surface area contributed by atoms with Crippen LogP contribution < -0.4 is 5.32 Å². The van der Waals surface area contributed by atoms with Crippen molar-refractivity contribution in [3.63, 3.8) is 0 Å². The largest absolute Gasteiger partial charge is 0.506 e. The maximum atomic E-state index is 12.8. The van der Waals surface area contributed by atoms with E-state index in [1.165, 1.54) is 45.9 Å². The van der Waals surface area contributed by atoms with Gasteiger partial charge in [0.05, 0.1) is 22.7 Å². The minimum Gasteiger partial charge on any atom is -0.506 e. The molecular formula is C28H28N2O2. The van der Waals surface area contributed by atoms with Crippen LogP contribution in [0.4, 0.5) is 5.69 Å². The number of anilines is 1. The van der Waals surface area contributed by atoms with Crippen LogP contribution in [0.5, 0.6) is 5.75 Å². The summed E-state index contributed by atoms with van der Waals surface area (Å²) in [6, 6.07) is 17.2. The van der Waals surface area contributed by atoms with Gasteiger partial charge >= 0.3 is 0 Å². The van der Waals surface area contributed by atoms with E-state index >= 15 is 0 Å². The van der Waals surface area contributed by atoms with E-state index in [4.69, 9.17) is 0 Å². The fourth-order valence-corrected chi connectivity index (χ4v) is 7.97. The van der Waals surface area contributed by atoms with E-state index in [0.717, 1.165) is 37.5 Å². The van der Waals surface area contributed by atoms with E-state index in [1.807, 2.05) is 6.07 Å². The predicted octanol–water partition coefficient (Wildman–Crippen LogP) is 4.28. The number of likely N-dealkylation sites (tertiary alicyclic amines) is 1. The summed E-state index contributed by atoms with van der Waals surface area (Å²) in [5.74, 6) is 1.12. The van der Waals surface area contributed by atoms with E-state index in [0.29, 0.717) is 12.2 Å². The molecule has 4 heteroatoms. The molecule has 2 aliphatic heterocycles. The number of rotatable bonds is 2. The van der Waals surface area contributed by atoms with E-state index in [-0.39, 0.29) is 17.5 Å². The van der Waals surface area contributed by atoms with Gasteiger partial charge in [0.15, 0.2) is 0 Å². The van der Waals surface area contributed by atoms with E-state index in [1.54, 1.807) is 0 Å². The van der Waals surface area contributed by atoms with Gasteiger partial charge in [-0.05, 0) is 77.2 Å². The number of phenols is 1. The molecule has 3 aliphatic carbocycles. The minimum absolute atomic E-state index is 0.00576. The van der Waals surface area contributed by atoms with E-state index in [2.05, 4.69) is 52.7 Å². The number of aromatic hydroxyl groups is 1. The van der Waals surface area contributed by atoms with Crippen molar-refractivity contribution >= 4 is 16.5 Å². The summed E-state index contributed by atoms with van der Waals surface area (Å²) in [5, 5.41) is 29.9. The smallest absolute Gasteiger partial charge is 0.139 e. The molecule has 4 atom stereocenters. The van der Waals surface area contributed by atoms with Crippen molar-refractivity contribution in [2.75, 3.05) is 18.4 Å². The molecule has 5 aliphatic rings. The molecule has 2 bridgehead atoms. The van der Waals surface area contributed by atoms with Gasteiger partial charge in [-0.3, -0.25) is 4.90 Å². The fraction of sp³-hybridized carbons (Fsp3) is 0.429. The minimum atomic E-state index is -0.846. The number of fused-ring (bicyclic) bond motifs is 4. The highest BCUT2D eigenvalue weighted by atomic mass is 16.3. The highest BCUT2D eigenvalue weighted by Gasteiger charge is 2.71. The average molecular weight is 425 g/mol. The van der Waals surface area contributed by atoms with Gasteiger partial charge in [0.2, 0.25) is 0 Å². The van der Waals surface area contributed by atoms with Crippen molar-refractivity contribution in [2.24, 2.45) is 5.92 Å². The Bertz CT molecular complexity index is 1310. The van der Waals surface area contributed by atoms with Crippen LogP contribution in [0.15, 0.2) is 48.5 Å². The lowest BCUT2D eigenvalue weighted by atomic mass is 9.48. The third-order valence-corrected chi connectivity index (χ3v) is 9.49. The maximum Gasteiger partial charge on any atom is 0.139 e. The Labute approximate surface area is 187 Å². The van der Waals surface area contributed by atoms with E-state index < -0.39 is 5.60 Å². The fourth-order valence-electron chi connectivity index (χ4n) is 7.97. The number of hydrogen-bond donors (Lipinski definition) is 3. The molecule has 162 valence electrons. The second kappa shape index (κ2) is 5.67. The van der Waals surface area contributed by atoms with Crippen molar-refractivity contribution in [3.05, 3.63) is 70.8 Å². The number of nitrogens with zero attached hydrogens (tertiary/aromatic N) is 1. The number of hydrogen-bond acceptors (Lipinski definition) is 4. The number of phenolic OH excluding ortho intramolecular Hbond substituents is 1. The first-order valence-corrected chi connectivity index (χ1v) is 12.2. The summed E-state index contributed by atoms with van der Waals surface area (Å²) < 4.78 is 0. The average Bonchev–Trinajstić information content (AvgIpc) is 3.54. The van der Waals surface area contributed by atoms with Crippen LogP contribution in [0.1, 0.15) is 47.6 Å². The lowest BCUT2D eigenvalue weighted by Crippen LogP contribution is -2.74. The number of benzene rings is 3. The zero-order valence-electron chi connectivity index (χ0n) is 18.1. The van der Waals surface area contributed by atoms with Crippen LogP contribution in [-0.2, 0) is 18.3 Å². The second-order valence-electron chi connectivity index (χ2n) is 10.9. The highest BCUT2D eigenvalue weighted by molar-refractivity contribution is 5.89. The SMILES string of the molecule is Oc1ccc2c3c1NC1c4ccc5ccccc5c4C[C@@]4(O)C(C2)N(CC2CC2)CC[C@]314. The zero-order valence-corrected chi connectivity index (χ0v) is 18.1. The lowest BCUT2D eigenvalue weighted by Gasteiger charge is -2.64. The summed E-state index contributed by atoms with van der Waals surface area (Å²) in [6.45, 7) is 2.14.